The monoisotopic (exact) mass is 329 g/mol. The van der Waals surface area contributed by atoms with E-state index in [1.165, 1.54) is 0 Å². The van der Waals surface area contributed by atoms with Gasteiger partial charge in [0.25, 0.3) is 5.91 Å². The minimum absolute atomic E-state index is 0.0637. The van der Waals surface area contributed by atoms with E-state index >= 15 is 0 Å². The van der Waals surface area contributed by atoms with Crippen molar-refractivity contribution in [2.45, 2.75) is 24.3 Å². The fourth-order valence-corrected chi connectivity index (χ4v) is 2.89. The van der Waals surface area contributed by atoms with E-state index in [4.69, 9.17) is 4.74 Å². The molecule has 18 heavy (non-hydrogen) atoms. The van der Waals surface area contributed by atoms with Crippen molar-refractivity contribution in [1.82, 2.24) is 5.32 Å². The second-order valence-corrected chi connectivity index (χ2v) is 5.98. The molecule has 1 aromatic carbocycles. The Balaban J connectivity index is 2.07. The minimum Gasteiger partial charge on any atom is -0.381 e. The average Bonchev–Trinajstić information content (AvgIpc) is 2.32. The van der Waals surface area contributed by atoms with Crippen LogP contribution >= 0.6 is 28.6 Å². The Hall–Kier alpha value is -0.520. The van der Waals surface area contributed by atoms with Crippen molar-refractivity contribution in [2.75, 3.05) is 13.2 Å². The predicted octanol–water partition coefficient (Wildman–Crippen LogP) is 2.89. The summed E-state index contributed by atoms with van der Waals surface area (Å²) >= 11 is 7.69. The lowest BCUT2D eigenvalue weighted by atomic mass is 9.97. The Labute approximate surface area is 121 Å². The normalized spacial score (nSPS) is 23.7. The van der Waals surface area contributed by atoms with Gasteiger partial charge >= 0.3 is 0 Å². The van der Waals surface area contributed by atoms with Gasteiger partial charge < -0.3 is 10.1 Å². The summed E-state index contributed by atoms with van der Waals surface area (Å²) in [5.74, 6) is 0.285. The van der Waals surface area contributed by atoms with Crippen LogP contribution in [0.1, 0.15) is 23.7 Å². The molecule has 98 valence electrons. The molecule has 0 aliphatic carbocycles. The van der Waals surface area contributed by atoms with Gasteiger partial charge in [-0.05, 0) is 30.5 Å². The number of halogens is 1. The van der Waals surface area contributed by atoms with Crippen molar-refractivity contribution in [3.63, 3.8) is 0 Å². The zero-order valence-corrected chi connectivity index (χ0v) is 12.6. The maximum absolute atomic E-state index is 12.2. The van der Waals surface area contributed by atoms with Crippen molar-refractivity contribution >= 4 is 34.5 Å². The van der Waals surface area contributed by atoms with Crippen LogP contribution in [0.15, 0.2) is 27.6 Å². The molecule has 1 aliphatic rings. The predicted molar refractivity (Wildman–Crippen MR) is 77.2 cm³/mol. The topological polar surface area (TPSA) is 38.3 Å². The van der Waals surface area contributed by atoms with Gasteiger partial charge in [0.15, 0.2) is 0 Å². The van der Waals surface area contributed by atoms with Crippen LogP contribution in [0, 0.1) is 5.92 Å². The zero-order valence-electron chi connectivity index (χ0n) is 10.1. The molecule has 0 radical (unpaired) electrons. The fraction of sp³-hybridized carbons (Fsp3) is 0.462. The molecule has 1 saturated heterocycles. The van der Waals surface area contributed by atoms with E-state index in [-0.39, 0.29) is 11.9 Å². The minimum atomic E-state index is -0.0637. The first-order chi connectivity index (χ1) is 8.58. The van der Waals surface area contributed by atoms with Gasteiger partial charge in [0, 0.05) is 22.0 Å². The maximum Gasteiger partial charge on any atom is 0.252 e. The molecule has 0 spiro atoms. The molecule has 1 heterocycles. The molecule has 2 rings (SSSR count). The van der Waals surface area contributed by atoms with Crippen LogP contribution in [0.2, 0.25) is 0 Å². The zero-order chi connectivity index (χ0) is 13.1. The standard InChI is InChI=1S/C13H16BrNO2S/c1-8-7-17-5-4-11(8)15-13(16)10-3-2-9(14)6-12(10)18/h2-3,6,8,11,18H,4-5,7H2,1H3,(H,15,16). The molecule has 2 atom stereocenters. The Morgan fingerprint density at radius 1 is 1.56 bits per heavy atom. The number of carbonyl (C=O) groups is 1. The molecule has 1 aliphatic heterocycles. The molecular formula is C13H16BrNO2S. The lowest BCUT2D eigenvalue weighted by molar-refractivity contribution is 0.0374. The molecular weight excluding hydrogens is 314 g/mol. The molecule has 1 aromatic rings. The summed E-state index contributed by atoms with van der Waals surface area (Å²) in [5.41, 5.74) is 0.611. The first-order valence-electron chi connectivity index (χ1n) is 5.95. The third-order valence-electron chi connectivity index (χ3n) is 3.16. The fourth-order valence-electron chi connectivity index (χ4n) is 2.04. The molecule has 3 nitrogen and oxygen atoms in total. The van der Waals surface area contributed by atoms with Crippen LogP contribution in [0.5, 0.6) is 0 Å². The highest BCUT2D eigenvalue weighted by atomic mass is 79.9. The quantitative estimate of drug-likeness (QED) is 0.819. The van der Waals surface area contributed by atoms with Crippen molar-refractivity contribution < 1.29 is 9.53 Å². The maximum atomic E-state index is 12.2. The summed E-state index contributed by atoms with van der Waals surface area (Å²) in [6.45, 7) is 3.51. The van der Waals surface area contributed by atoms with Gasteiger partial charge in [-0.15, -0.1) is 12.6 Å². The van der Waals surface area contributed by atoms with E-state index in [0.29, 0.717) is 29.6 Å². The van der Waals surface area contributed by atoms with Gasteiger partial charge in [-0.25, -0.2) is 0 Å². The lowest BCUT2D eigenvalue weighted by Crippen LogP contribution is -2.44. The van der Waals surface area contributed by atoms with E-state index in [1.54, 1.807) is 6.07 Å². The Morgan fingerprint density at radius 3 is 3.00 bits per heavy atom. The molecule has 5 heteroatoms. The molecule has 1 fully saturated rings. The van der Waals surface area contributed by atoms with E-state index in [0.717, 1.165) is 10.9 Å². The smallest absolute Gasteiger partial charge is 0.252 e. The molecule has 0 bridgehead atoms. The third kappa shape index (κ3) is 3.28. The first-order valence-corrected chi connectivity index (χ1v) is 7.19. The molecule has 1 amide bonds. The van der Waals surface area contributed by atoms with E-state index < -0.39 is 0 Å². The van der Waals surface area contributed by atoms with Gasteiger partial charge in [-0.2, -0.15) is 0 Å². The van der Waals surface area contributed by atoms with Crippen LogP contribution in [0.4, 0.5) is 0 Å². The van der Waals surface area contributed by atoms with E-state index in [1.807, 2.05) is 12.1 Å². The number of thiol groups is 1. The summed E-state index contributed by atoms with van der Waals surface area (Å²) in [6.07, 6.45) is 0.866. The summed E-state index contributed by atoms with van der Waals surface area (Å²) < 4.78 is 6.29. The second-order valence-electron chi connectivity index (χ2n) is 4.58. The van der Waals surface area contributed by atoms with Crippen molar-refractivity contribution in [1.29, 1.82) is 0 Å². The van der Waals surface area contributed by atoms with Crippen LogP contribution in [0.25, 0.3) is 0 Å². The van der Waals surface area contributed by atoms with Crippen LogP contribution in [-0.4, -0.2) is 25.2 Å². The Kier molecular flexibility index (Phi) is 4.70. The summed E-state index contributed by atoms with van der Waals surface area (Å²) in [5, 5.41) is 3.06. The van der Waals surface area contributed by atoms with Gasteiger partial charge in [0.2, 0.25) is 0 Å². The van der Waals surface area contributed by atoms with Crippen LogP contribution in [-0.2, 0) is 4.74 Å². The molecule has 0 aromatic heterocycles. The summed E-state index contributed by atoms with van der Waals surface area (Å²) in [7, 11) is 0. The van der Waals surface area contributed by atoms with Crippen molar-refractivity contribution in [3.05, 3.63) is 28.2 Å². The third-order valence-corrected chi connectivity index (χ3v) is 4.02. The average molecular weight is 330 g/mol. The second kappa shape index (κ2) is 6.08. The highest BCUT2D eigenvalue weighted by Gasteiger charge is 2.24. The molecule has 0 saturated carbocycles. The number of amides is 1. The Morgan fingerprint density at radius 2 is 2.33 bits per heavy atom. The molecule has 1 N–H and O–H groups in total. The van der Waals surface area contributed by atoms with Gasteiger partial charge in [0.05, 0.1) is 12.2 Å². The SMILES string of the molecule is CC1COCCC1NC(=O)c1ccc(Br)cc1S. The lowest BCUT2D eigenvalue weighted by Gasteiger charge is -2.29. The van der Waals surface area contributed by atoms with E-state index in [2.05, 4.69) is 40.8 Å². The summed E-state index contributed by atoms with van der Waals surface area (Å²) in [6, 6.07) is 5.64. The number of benzene rings is 1. The highest BCUT2D eigenvalue weighted by Crippen LogP contribution is 2.21. The van der Waals surface area contributed by atoms with Gasteiger partial charge in [0.1, 0.15) is 0 Å². The number of hydrogen-bond acceptors (Lipinski definition) is 3. The number of ether oxygens (including phenoxy) is 1. The highest BCUT2D eigenvalue weighted by molar-refractivity contribution is 9.10. The van der Waals surface area contributed by atoms with Crippen LogP contribution < -0.4 is 5.32 Å². The summed E-state index contributed by atoms with van der Waals surface area (Å²) in [4.78, 5) is 12.9. The number of rotatable bonds is 2. The van der Waals surface area contributed by atoms with Crippen molar-refractivity contribution in [2.24, 2.45) is 5.92 Å². The van der Waals surface area contributed by atoms with Gasteiger partial charge in [-0.3, -0.25) is 4.79 Å². The van der Waals surface area contributed by atoms with E-state index in [9.17, 15) is 4.79 Å². The number of carbonyl (C=O) groups excluding carboxylic acids is 1. The van der Waals surface area contributed by atoms with Gasteiger partial charge in [-0.1, -0.05) is 22.9 Å². The van der Waals surface area contributed by atoms with Crippen molar-refractivity contribution in [3.8, 4) is 0 Å². The first kappa shape index (κ1) is 13.9. The Bertz CT molecular complexity index is 453. The molecule has 2 unspecified atom stereocenters. The number of hydrogen-bond donors (Lipinski definition) is 2. The van der Waals surface area contributed by atoms with Crippen LogP contribution in [0.3, 0.4) is 0 Å². The largest absolute Gasteiger partial charge is 0.381 e. The number of nitrogens with one attached hydrogen (secondary N) is 1.